The molecule has 1 aromatic carbocycles. The van der Waals surface area contributed by atoms with Gasteiger partial charge in [-0.3, -0.25) is 4.57 Å². The highest BCUT2D eigenvalue weighted by molar-refractivity contribution is 9.09. The van der Waals surface area contributed by atoms with E-state index in [1.165, 1.54) is 0 Å². The molecule has 78 valence electrons. The normalized spacial score (nSPS) is 15.0. The molecule has 0 aliphatic heterocycles. The standard InChI is InChI=1S/C10H14BrO2P/c11-7-9-14(12,13)8-6-10-4-2-1-3-5-10/h1-5H,6-9H2,(H,12,13). The van der Waals surface area contributed by atoms with Gasteiger partial charge in [-0.15, -0.1) is 0 Å². The maximum absolute atomic E-state index is 11.5. The first-order valence-electron chi connectivity index (χ1n) is 4.55. The second-order valence-electron chi connectivity index (χ2n) is 3.22. The van der Waals surface area contributed by atoms with Crippen molar-refractivity contribution in [3.05, 3.63) is 35.9 Å². The van der Waals surface area contributed by atoms with E-state index in [1.807, 2.05) is 30.3 Å². The van der Waals surface area contributed by atoms with E-state index in [4.69, 9.17) is 0 Å². The molecule has 0 aliphatic carbocycles. The van der Waals surface area contributed by atoms with Crippen molar-refractivity contribution in [1.82, 2.24) is 0 Å². The van der Waals surface area contributed by atoms with Gasteiger partial charge in [-0.25, -0.2) is 0 Å². The van der Waals surface area contributed by atoms with Gasteiger partial charge in [0.05, 0.1) is 0 Å². The highest BCUT2D eigenvalue weighted by Gasteiger charge is 2.16. The average molecular weight is 277 g/mol. The lowest BCUT2D eigenvalue weighted by atomic mass is 10.2. The second kappa shape index (κ2) is 5.69. The summed E-state index contributed by atoms with van der Waals surface area (Å²) in [5.74, 6) is 0. The van der Waals surface area contributed by atoms with Crippen molar-refractivity contribution >= 4 is 23.3 Å². The smallest absolute Gasteiger partial charge is 0.201 e. The molecule has 0 heterocycles. The third-order valence-electron chi connectivity index (χ3n) is 2.03. The molecule has 0 saturated carbocycles. The topological polar surface area (TPSA) is 37.3 Å². The molecule has 0 saturated heterocycles. The maximum Gasteiger partial charge on any atom is 0.201 e. The predicted molar refractivity (Wildman–Crippen MR) is 63.5 cm³/mol. The van der Waals surface area contributed by atoms with Gasteiger partial charge >= 0.3 is 0 Å². The molecule has 0 fully saturated rings. The number of aryl methyl sites for hydroxylation is 1. The summed E-state index contributed by atoms with van der Waals surface area (Å²) in [6.07, 6.45) is 1.42. The third-order valence-corrected chi connectivity index (χ3v) is 4.88. The average Bonchev–Trinajstić information content (AvgIpc) is 2.17. The molecular formula is C10H14BrO2P. The molecule has 0 aliphatic rings. The van der Waals surface area contributed by atoms with Crippen LogP contribution in [-0.2, 0) is 11.0 Å². The Morgan fingerprint density at radius 3 is 2.43 bits per heavy atom. The van der Waals surface area contributed by atoms with Crippen LogP contribution in [0.25, 0.3) is 0 Å². The number of hydrogen-bond acceptors (Lipinski definition) is 1. The monoisotopic (exact) mass is 276 g/mol. The Hall–Kier alpha value is -0.110. The molecular weight excluding hydrogens is 263 g/mol. The number of rotatable bonds is 5. The zero-order valence-corrected chi connectivity index (χ0v) is 10.4. The highest BCUT2D eigenvalue weighted by atomic mass is 79.9. The van der Waals surface area contributed by atoms with Crippen molar-refractivity contribution < 1.29 is 9.46 Å². The van der Waals surface area contributed by atoms with E-state index in [-0.39, 0.29) is 0 Å². The SMILES string of the molecule is O=P(O)(CCBr)CCc1ccccc1. The van der Waals surface area contributed by atoms with Gasteiger partial charge in [0.25, 0.3) is 0 Å². The minimum Gasteiger partial charge on any atom is -0.344 e. The van der Waals surface area contributed by atoms with E-state index in [0.717, 1.165) is 5.56 Å². The Labute approximate surface area is 92.9 Å². The van der Waals surface area contributed by atoms with Crippen molar-refractivity contribution in [3.63, 3.8) is 0 Å². The molecule has 1 atom stereocenters. The summed E-state index contributed by atoms with van der Waals surface area (Å²) < 4.78 is 11.5. The van der Waals surface area contributed by atoms with E-state index in [2.05, 4.69) is 15.9 Å². The van der Waals surface area contributed by atoms with Crippen molar-refractivity contribution in [2.45, 2.75) is 6.42 Å². The predicted octanol–water partition coefficient (Wildman–Crippen LogP) is 2.89. The Balaban J connectivity index is 2.45. The molecule has 0 bridgehead atoms. The summed E-state index contributed by atoms with van der Waals surface area (Å²) in [7, 11) is -2.90. The van der Waals surface area contributed by atoms with Crippen molar-refractivity contribution in [1.29, 1.82) is 0 Å². The van der Waals surface area contributed by atoms with Crippen LogP contribution in [0.3, 0.4) is 0 Å². The summed E-state index contributed by atoms with van der Waals surface area (Å²) in [5, 5.41) is 0.593. The van der Waals surface area contributed by atoms with Crippen LogP contribution in [0.5, 0.6) is 0 Å². The zero-order chi connectivity index (χ0) is 10.4. The lowest BCUT2D eigenvalue weighted by Gasteiger charge is -2.09. The number of halogens is 1. The fourth-order valence-corrected chi connectivity index (χ4v) is 3.95. The summed E-state index contributed by atoms with van der Waals surface area (Å²) in [6, 6.07) is 9.80. The van der Waals surface area contributed by atoms with E-state index < -0.39 is 7.37 Å². The molecule has 1 unspecified atom stereocenters. The fourth-order valence-electron chi connectivity index (χ4n) is 1.19. The minimum atomic E-state index is -2.90. The Morgan fingerprint density at radius 2 is 1.86 bits per heavy atom. The van der Waals surface area contributed by atoms with Gasteiger partial charge in [0.15, 0.2) is 0 Å². The van der Waals surface area contributed by atoms with E-state index in [1.54, 1.807) is 0 Å². The zero-order valence-electron chi connectivity index (χ0n) is 7.90. The number of alkyl halides is 1. The van der Waals surface area contributed by atoms with Gasteiger partial charge in [0, 0.05) is 17.7 Å². The lowest BCUT2D eigenvalue weighted by molar-refractivity contribution is 0.479. The fraction of sp³-hybridized carbons (Fsp3) is 0.400. The third kappa shape index (κ3) is 4.41. The van der Waals surface area contributed by atoms with Crippen molar-refractivity contribution in [2.24, 2.45) is 0 Å². The van der Waals surface area contributed by atoms with Crippen LogP contribution < -0.4 is 0 Å². The van der Waals surface area contributed by atoms with E-state index in [9.17, 15) is 9.46 Å². The molecule has 0 aromatic heterocycles. The summed E-state index contributed by atoms with van der Waals surface area (Å²) in [4.78, 5) is 9.50. The molecule has 1 aromatic rings. The summed E-state index contributed by atoms with van der Waals surface area (Å²) in [6.45, 7) is 0. The molecule has 14 heavy (non-hydrogen) atoms. The molecule has 2 nitrogen and oxygen atoms in total. The van der Waals surface area contributed by atoms with E-state index >= 15 is 0 Å². The first-order valence-corrected chi connectivity index (χ1v) is 7.70. The van der Waals surface area contributed by atoms with Crippen LogP contribution >= 0.6 is 23.3 Å². The van der Waals surface area contributed by atoms with Crippen molar-refractivity contribution in [2.75, 3.05) is 17.7 Å². The largest absolute Gasteiger partial charge is 0.344 e. The van der Waals surface area contributed by atoms with Gasteiger partial charge in [0.2, 0.25) is 7.37 Å². The molecule has 0 spiro atoms. The molecule has 1 rings (SSSR count). The van der Waals surface area contributed by atoms with Gasteiger partial charge in [0.1, 0.15) is 0 Å². The Morgan fingerprint density at radius 1 is 1.21 bits per heavy atom. The summed E-state index contributed by atoms with van der Waals surface area (Å²) in [5.41, 5.74) is 1.12. The lowest BCUT2D eigenvalue weighted by Crippen LogP contribution is -1.98. The van der Waals surface area contributed by atoms with Gasteiger partial charge in [-0.1, -0.05) is 46.3 Å². The Kier molecular flexibility index (Phi) is 4.86. The summed E-state index contributed by atoms with van der Waals surface area (Å²) >= 11 is 3.18. The quantitative estimate of drug-likeness (QED) is 0.663. The first kappa shape index (κ1) is 12.0. The van der Waals surface area contributed by atoms with Crippen LogP contribution in [-0.4, -0.2) is 22.5 Å². The van der Waals surface area contributed by atoms with Crippen LogP contribution in [0.2, 0.25) is 0 Å². The molecule has 4 heteroatoms. The second-order valence-corrected chi connectivity index (χ2v) is 6.60. The van der Waals surface area contributed by atoms with E-state index in [0.29, 0.717) is 24.1 Å². The van der Waals surface area contributed by atoms with Crippen LogP contribution in [0, 0.1) is 0 Å². The molecule has 0 amide bonds. The van der Waals surface area contributed by atoms with Crippen LogP contribution in [0.15, 0.2) is 30.3 Å². The Bertz CT molecular complexity index is 313. The number of hydrogen-bond donors (Lipinski definition) is 1. The molecule has 0 radical (unpaired) electrons. The number of benzene rings is 1. The van der Waals surface area contributed by atoms with Gasteiger partial charge < -0.3 is 4.89 Å². The maximum atomic E-state index is 11.5. The minimum absolute atomic E-state index is 0.361. The first-order chi connectivity index (χ1) is 6.64. The highest BCUT2D eigenvalue weighted by Crippen LogP contribution is 2.40. The van der Waals surface area contributed by atoms with Crippen LogP contribution in [0.4, 0.5) is 0 Å². The van der Waals surface area contributed by atoms with Crippen molar-refractivity contribution in [3.8, 4) is 0 Å². The van der Waals surface area contributed by atoms with Gasteiger partial charge in [-0.05, 0) is 12.0 Å². The van der Waals surface area contributed by atoms with Gasteiger partial charge in [-0.2, -0.15) is 0 Å². The molecule has 1 N–H and O–H groups in total. The van der Waals surface area contributed by atoms with Crippen LogP contribution in [0.1, 0.15) is 5.56 Å².